The molecule has 0 aromatic heterocycles. The van der Waals surface area contributed by atoms with Crippen LogP contribution in [0.5, 0.6) is 0 Å². The topological polar surface area (TPSA) is 139 Å². The molecule has 0 aliphatic heterocycles. The Balaban J connectivity index is -0.000000107. The molecule has 0 aliphatic rings. The van der Waals surface area contributed by atoms with Crippen LogP contribution in [0, 0.1) is 17.2 Å². The molecule has 0 saturated heterocycles. The molecule has 0 amide bonds. The third-order valence-corrected chi connectivity index (χ3v) is 1.77. The van der Waals surface area contributed by atoms with Gasteiger partial charge in [0.1, 0.15) is 0 Å². The Morgan fingerprint density at radius 2 is 1.30 bits per heavy atom. The molecule has 0 aromatic rings. The van der Waals surface area contributed by atoms with Crippen LogP contribution in [-0.4, -0.2) is 45.6 Å². The largest absolute Gasteiger partial charge is 0.478 e. The monoisotopic (exact) mass is 331 g/mol. The minimum atomic E-state index is -0.935. The Hall–Kier alpha value is -2.17. The predicted octanol–water partition coefficient (Wildman–Crippen LogP) is 2.21. The number of hydrogen-bond donors (Lipinski definition) is 4. The number of aliphatic hydroxyl groups is 2. The third kappa shape index (κ3) is 45.0. The summed E-state index contributed by atoms with van der Waals surface area (Å²) in [7, 11) is 0. The summed E-state index contributed by atoms with van der Waals surface area (Å²) in [6.45, 7) is 13.0. The lowest BCUT2D eigenvalue weighted by Crippen LogP contribution is -1.92. The zero-order chi connectivity index (χ0) is 19.4. The normalized spacial score (nSPS) is 9.09. The fourth-order valence-electron chi connectivity index (χ4n) is 0.498. The van der Waals surface area contributed by atoms with E-state index >= 15 is 0 Å². The summed E-state index contributed by atoms with van der Waals surface area (Å²) in [4.78, 5) is 19.2. The Kier molecular flexibility index (Phi) is 27.8. The average molecular weight is 331 g/mol. The minimum absolute atomic E-state index is 0.125. The van der Waals surface area contributed by atoms with Gasteiger partial charge >= 0.3 is 11.9 Å². The lowest BCUT2D eigenvalue weighted by molar-refractivity contribution is -0.133. The molecule has 23 heavy (non-hydrogen) atoms. The second kappa shape index (κ2) is 22.1. The number of carboxylic acid groups (broad SMARTS) is 2. The van der Waals surface area contributed by atoms with Crippen molar-refractivity contribution in [3.05, 3.63) is 24.3 Å². The van der Waals surface area contributed by atoms with Crippen molar-refractivity contribution in [3.63, 3.8) is 0 Å². The van der Waals surface area contributed by atoms with Gasteiger partial charge < -0.3 is 20.4 Å². The van der Waals surface area contributed by atoms with Crippen molar-refractivity contribution in [1.29, 1.82) is 5.26 Å². The van der Waals surface area contributed by atoms with Crippen LogP contribution in [0.2, 0.25) is 0 Å². The molecule has 7 heteroatoms. The first kappa shape index (κ1) is 28.9. The number of rotatable bonds is 5. The van der Waals surface area contributed by atoms with Gasteiger partial charge in [-0.25, -0.2) is 9.59 Å². The van der Waals surface area contributed by atoms with Crippen LogP contribution in [0.15, 0.2) is 24.3 Å². The maximum absolute atomic E-state index is 9.60. The van der Waals surface area contributed by atoms with Crippen molar-refractivity contribution in [1.82, 2.24) is 0 Å². The zero-order valence-electron chi connectivity index (χ0n) is 14.4. The van der Waals surface area contributed by atoms with Crippen LogP contribution in [0.25, 0.3) is 0 Å². The van der Waals surface area contributed by atoms with Gasteiger partial charge in [0, 0.05) is 17.1 Å². The summed E-state index contributed by atoms with van der Waals surface area (Å²) in [6.07, 6.45) is 2.16. The van der Waals surface area contributed by atoms with E-state index in [2.05, 4.69) is 26.2 Å². The van der Waals surface area contributed by atoms with Gasteiger partial charge in [0.25, 0.3) is 0 Å². The first-order valence-electron chi connectivity index (χ1n) is 6.90. The minimum Gasteiger partial charge on any atom is -0.478 e. The fourth-order valence-corrected chi connectivity index (χ4v) is 0.498. The van der Waals surface area contributed by atoms with E-state index in [1.54, 1.807) is 0 Å². The van der Waals surface area contributed by atoms with E-state index in [1.165, 1.54) is 13.8 Å². The molecule has 0 radical (unpaired) electrons. The number of hydrogen-bond acceptors (Lipinski definition) is 5. The summed E-state index contributed by atoms with van der Waals surface area (Å²) >= 11 is 0. The first-order chi connectivity index (χ1) is 10.5. The molecule has 0 bridgehead atoms. The molecule has 0 aromatic carbocycles. The molecule has 134 valence electrons. The molecule has 0 rings (SSSR count). The number of aliphatic hydroxyl groups excluding tert-OH is 2. The van der Waals surface area contributed by atoms with Crippen LogP contribution in [-0.2, 0) is 9.59 Å². The van der Waals surface area contributed by atoms with Crippen molar-refractivity contribution >= 4 is 11.9 Å². The van der Waals surface area contributed by atoms with Gasteiger partial charge in [-0.3, -0.25) is 0 Å². The van der Waals surface area contributed by atoms with E-state index in [9.17, 15) is 9.59 Å². The SMILES string of the molecule is C=C(C)C(=O)O.C=C(C)C(=O)O.CCCC(C)C#N.OCCO. The number of carbonyl (C=O) groups is 2. The zero-order valence-corrected chi connectivity index (χ0v) is 14.4. The molecule has 0 saturated carbocycles. The highest BCUT2D eigenvalue weighted by Gasteiger charge is 1.93. The average Bonchev–Trinajstić information content (AvgIpc) is 2.48. The molecule has 1 atom stereocenters. The Bertz CT molecular complexity index is 335. The van der Waals surface area contributed by atoms with Crippen LogP contribution in [0.1, 0.15) is 40.5 Å². The molecule has 0 heterocycles. The van der Waals surface area contributed by atoms with Gasteiger partial charge in [0.05, 0.1) is 19.3 Å². The molecule has 1 unspecified atom stereocenters. The summed E-state index contributed by atoms with van der Waals surface area (Å²) in [5.41, 5.74) is 0.352. The number of aliphatic carboxylic acids is 2. The Labute approximate surface area is 138 Å². The summed E-state index contributed by atoms with van der Waals surface area (Å²) in [6, 6.07) is 2.17. The van der Waals surface area contributed by atoms with Crippen LogP contribution in [0.3, 0.4) is 0 Å². The Morgan fingerprint density at radius 3 is 1.35 bits per heavy atom. The van der Waals surface area contributed by atoms with E-state index in [1.807, 2.05) is 6.92 Å². The highest BCUT2D eigenvalue weighted by molar-refractivity contribution is 5.85. The van der Waals surface area contributed by atoms with Crippen molar-refractivity contribution in [3.8, 4) is 6.07 Å². The van der Waals surface area contributed by atoms with Crippen molar-refractivity contribution in [2.24, 2.45) is 5.92 Å². The smallest absolute Gasteiger partial charge is 0.330 e. The van der Waals surface area contributed by atoms with Crippen molar-refractivity contribution in [2.45, 2.75) is 40.5 Å². The van der Waals surface area contributed by atoms with Crippen LogP contribution >= 0.6 is 0 Å². The van der Waals surface area contributed by atoms with E-state index in [0.29, 0.717) is 0 Å². The van der Waals surface area contributed by atoms with Gasteiger partial charge in [-0.2, -0.15) is 5.26 Å². The quantitative estimate of drug-likeness (QED) is 0.566. The summed E-state index contributed by atoms with van der Waals surface area (Å²) in [5, 5.41) is 39.2. The highest BCUT2D eigenvalue weighted by atomic mass is 16.4. The first-order valence-corrected chi connectivity index (χ1v) is 6.90. The van der Waals surface area contributed by atoms with Gasteiger partial charge in [-0.05, 0) is 27.2 Å². The van der Waals surface area contributed by atoms with Gasteiger partial charge in [-0.1, -0.05) is 26.5 Å². The van der Waals surface area contributed by atoms with Crippen LogP contribution in [0.4, 0.5) is 0 Å². The third-order valence-electron chi connectivity index (χ3n) is 1.77. The lowest BCUT2D eigenvalue weighted by atomic mass is 10.1. The van der Waals surface area contributed by atoms with E-state index in [0.717, 1.165) is 12.8 Å². The second-order valence-corrected chi connectivity index (χ2v) is 4.44. The lowest BCUT2D eigenvalue weighted by Gasteiger charge is -1.92. The Morgan fingerprint density at radius 1 is 1.04 bits per heavy atom. The summed E-state index contributed by atoms with van der Waals surface area (Å²) < 4.78 is 0. The number of nitrogens with zero attached hydrogens (tertiary/aromatic N) is 1. The van der Waals surface area contributed by atoms with Crippen molar-refractivity contribution < 1.29 is 30.0 Å². The number of carboxylic acids is 2. The van der Waals surface area contributed by atoms with Gasteiger partial charge in [-0.15, -0.1) is 0 Å². The molecular formula is C16H29NO6. The van der Waals surface area contributed by atoms with Crippen molar-refractivity contribution in [2.75, 3.05) is 13.2 Å². The van der Waals surface area contributed by atoms with E-state index in [-0.39, 0.29) is 30.3 Å². The van der Waals surface area contributed by atoms with Gasteiger partial charge in [0.2, 0.25) is 0 Å². The van der Waals surface area contributed by atoms with Gasteiger partial charge in [0.15, 0.2) is 0 Å². The molecule has 7 nitrogen and oxygen atoms in total. The standard InChI is InChI=1S/C6H11N.2C4H6O2.C2H6O2/c1-3-4-6(2)5-7;2*1-3(2)4(5)6;3-1-2-4/h6H,3-4H2,1-2H3;2*1H2,2H3,(H,5,6);3-4H,1-2H2. The van der Waals surface area contributed by atoms with E-state index < -0.39 is 11.9 Å². The number of nitriles is 1. The van der Waals surface area contributed by atoms with Crippen LogP contribution < -0.4 is 0 Å². The maximum Gasteiger partial charge on any atom is 0.330 e. The molecule has 0 aliphatic carbocycles. The predicted molar refractivity (Wildman–Crippen MR) is 88.8 cm³/mol. The molecule has 0 fully saturated rings. The molecule has 0 spiro atoms. The summed E-state index contributed by atoms with van der Waals surface area (Å²) in [5.74, 6) is -1.62. The van der Waals surface area contributed by atoms with E-state index in [4.69, 9.17) is 25.7 Å². The molecular weight excluding hydrogens is 302 g/mol. The highest BCUT2D eigenvalue weighted by Crippen LogP contribution is 2.00. The second-order valence-electron chi connectivity index (χ2n) is 4.44. The maximum atomic E-state index is 9.60. The molecule has 4 N–H and O–H groups in total. The fraction of sp³-hybridized carbons (Fsp3) is 0.562.